The van der Waals surface area contributed by atoms with Crippen LogP contribution >= 0.6 is 0 Å². The molecule has 96 valence electrons. The Morgan fingerprint density at radius 2 is 1.94 bits per heavy atom. The van der Waals surface area contributed by atoms with Gasteiger partial charge in [0, 0.05) is 11.8 Å². The Morgan fingerprint density at radius 3 is 2.41 bits per heavy atom. The van der Waals surface area contributed by atoms with E-state index in [1.54, 1.807) is 12.1 Å². The Hall–Kier alpha value is -1.07. The molecule has 0 amide bonds. The first-order valence-electron chi connectivity index (χ1n) is 5.29. The average molecular weight is 258 g/mol. The molecule has 0 aliphatic rings. The maximum absolute atomic E-state index is 11.4. The summed E-state index contributed by atoms with van der Waals surface area (Å²) in [6.07, 6.45) is 0.0308. The van der Waals surface area contributed by atoms with Crippen LogP contribution in [0.5, 0.6) is 5.75 Å². The highest BCUT2D eigenvalue weighted by molar-refractivity contribution is 7.91. The van der Waals surface area contributed by atoms with Gasteiger partial charge >= 0.3 is 0 Å². The lowest BCUT2D eigenvalue weighted by atomic mass is 10.0. The van der Waals surface area contributed by atoms with Gasteiger partial charge in [-0.15, -0.1) is 0 Å². The standard InChI is InChI=1S/C12H18O4S/c1-8-5-6-11(16-3)10(7-8)12(13)9(2)17(4,14)15/h5-7,9,12-13H,1-4H3. The predicted octanol–water partition coefficient (Wildman–Crippen LogP) is 1.47. The van der Waals surface area contributed by atoms with Crippen molar-refractivity contribution < 1.29 is 18.3 Å². The van der Waals surface area contributed by atoms with E-state index in [0.717, 1.165) is 11.8 Å². The molecular weight excluding hydrogens is 240 g/mol. The first kappa shape index (κ1) is 14.0. The summed E-state index contributed by atoms with van der Waals surface area (Å²) in [5.74, 6) is 0.499. The number of hydrogen-bond acceptors (Lipinski definition) is 4. The van der Waals surface area contributed by atoms with Gasteiger partial charge in [0.25, 0.3) is 0 Å². The largest absolute Gasteiger partial charge is 0.496 e. The summed E-state index contributed by atoms with van der Waals surface area (Å²) in [5.41, 5.74) is 1.45. The molecule has 0 bridgehead atoms. The first-order chi connectivity index (χ1) is 7.77. The number of aliphatic hydroxyl groups is 1. The fourth-order valence-corrected chi connectivity index (χ4v) is 2.19. The van der Waals surface area contributed by atoms with Crippen LogP contribution in [0.2, 0.25) is 0 Å². The minimum atomic E-state index is -3.29. The Bertz CT molecular complexity index is 493. The minimum Gasteiger partial charge on any atom is -0.496 e. The number of aliphatic hydroxyl groups excluding tert-OH is 1. The SMILES string of the molecule is COc1ccc(C)cc1C(O)C(C)S(C)(=O)=O. The van der Waals surface area contributed by atoms with E-state index in [1.165, 1.54) is 14.0 Å². The van der Waals surface area contributed by atoms with Gasteiger partial charge in [-0.3, -0.25) is 0 Å². The third kappa shape index (κ3) is 3.20. The van der Waals surface area contributed by atoms with Crippen LogP contribution in [0.1, 0.15) is 24.2 Å². The van der Waals surface area contributed by atoms with Crippen LogP contribution in [-0.4, -0.2) is 32.1 Å². The molecule has 0 saturated carbocycles. The molecule has 0 spiro atoms. The van der Waals surface area contributed by atoms with Gasteiger partial charge in [-0.2, -0.15) is 0 Å². The third-order valence-corrected chi connectivity index (χ3v) is 4.43. The van der Waals surface area contributed by atoms with Gasteiger partial charge in [0.1, 0.15) is 5.75 Å². The van der Waals surface area contributed by atoms with Crippen LogP contribution in [0.25, 0.3) is 0 Å². The molecule has 0 aliphatic carbocycles. The monoisotopic (exact) mass is 258 g/mol. The molecule has 4 nitrogen and oxygen atoms in total. The Balaban J connectivity index is 3.19. The molecule has 1 rings (SSSR count). The molecule has 0 saturated heterocycles. The smallest absolute Gasteiger partial charge is 0.152 e. The highest BCUT2D eigenvalue weighted by atomic mass is 32.2. The second kappa shape index (κ2) is 5.06. The van der Waals surface area contributed by atoms with Crippen molar-refractivity contribution in [1.29, 1.82) is 0 Å². The van der Waals surface area contributed by atoms with Crippen molar-refractivity contribution in [2.75, 3.05) is 13.4 Å². The summed E-state index contributed by atoms with van der Waals surface area (Å²) in [6, 6.07) is 5.31. The molecule has 17 heavy (non-hydrogen) atoms. The van der Waals surface area contributed by atoms with Crippen LogP contribution < -0.4 is 4.74 Å². The van der Waals surface area contributed by atoms with Crippen LogP contribution in [0.4, 0.5) is 0 Å². The zero-order valence-electron chi connectivity index (χ0n) is 10.5. The van der Waals surface area contributed by atoms with Gasteiger partial charge in [-0.25, -0.2) is 8.42 Å². The molecule has 2 atom stereocenters. The van der Waals surface area contributed by atoms with Gasteiger partial charge in [0.15, 0.2) is 9.84 Å². The van der Waals surface area contributed by atoms with Crippen molar-refractivity contribution in [3.8, 4) is 5.75 Å². The summed E-state index contributed by atoms with van der Waals surface area (Å²) >= 11 is 0. The molecule has 1 aromatic rings. The first-order valence-corrected chi connectivity index (χ1v) is 7.24. The topological polar surface area (TPSA) is 63.6 Å². The lowest BCUT2D eigenvalue weighted by Crippen LogP contribution is -2.24. The van der Waals surface area contributed by atoms with Gasteiger partial charge in [-0.1, -0.05) is 11.6 Å². The zero-order valence-corrected chi connectivity index (χ0v) is 11.3. The number of benzene rings is 1. The van der Waals surface area contributed by atoms with E-state index in [4.69, 9.17) is 4.74 Å². The van der Waals surface area contributed by atoms with Crippen LogP contribution in [-0.2, 0) is 9.84 Å². The maximum atomic E-state index is 11.4. The van der Waals surface area contributed by atoms with Crippen molar-refractivity contribution in [2.24, 2.45) is 0 Å². The van der Waals surface area contributed by atoms with E-state index < -0.39 is 21.2 Å². The summed E-state index contributed by atoms with van der Waals surface area (Å²) in [6.45, 7) is 3.36. The van der Waals surface area contributed by atoms with Gasteiger partial charge < -0.3 is 9.84 Å². The van der Waals surface area contributed by atoms with Crippen LogP contribution in [0.15, 0.2) is 18.2 Å². The van der Waals surface area contributed by atoms with Crippen molar-refractivity contribution >= 4 is 9.84 Å². The molecule has 1 aromatic carbocycles. The maximum Gasteiger partial charge on any atom is 0.152 e. The lowest BCUT2D eigenvalue weighted by Gasteiger charge is -2.20. The van der Waals surface area contributed by atoms with E-state index in [0.29, 0.717) is 11.3 Å². The van der Waals surface area contributed by atoms with Crippen molar-refractivity contribution in [3.63, 3.8) is 0 Å². The molecular formula is C12H18O4S. The Labute approximate surface area is 102 Å². The number of aryl methyl sites for hydroxylation is 1. The van der Waals surface area contributed by atoms with Crippen LogP contribution in [0.3, 0.4) is 0 Å². The van der Waals surface area contributed by atoms with Crippen LogP contribution in [0, 0.1) is 6.92 Å². The number of hydrogen-bond donors (Lipinski definition) is 1. The summed E-state index contributed by atoms with van der Waals surface area (Å²) < 4.78 is 28.0. The number of sulfone groups is 1. The molecule has 5 heteroatoms. The number of rotatable bonds is 4. The molecule has 0 fully saturated rings. The van der Waals surface area contributed by atoms with E-state index in [9.17, 15) is 13.5 Å². The second-order valence-electron chi connectivity index (χ2n) is 4.22. The van der Waals surface area contributed by atoms with Crippen molar-refractivity contribution in [1.82, 2.24) is 0 Å². The molecule has 0 heterocycles. The summed E-state index contributed by atoms with van der Waals surface area (Å²) in [4.78, 5) is 0. The zero-order chi connectivity index (χ0) is 13.2. The molecule has 0 aromatic heterocycles. The van der Waals surface area contributed by atoms with Gasteiger partial charge in [0.2, 0.25) is 0 Å². The lowest BCUT2D eigenvalue weighted by molar-refractivity contribution is 0.172. The number of methoxy groups -OCH3 is 1. The molecule has 0 aliphatic heterocycles. The summed E-state index contributed by atoms with van der Waals surface area (Å²) in [7, 11) is -1.80. The van der Waals surface area contributed by atoms with E-state index in [1.807, 2.05) is 13.0 Å². The van der Waals surface area contributed by atoms with Crippen molar-refractivity contribution in [2.45, 2.75) is 25.2 Å². The molecule has 2 unspecified atom stereocenters. The predicted molar refractivity (Wildman–Crippen MR) is 67.0 cm³/mol. The van der Waals surface area contributed by atoms with E-state index >= 15 is 0 Å². The average Bonchev–Trinajstić information content (AvgIpc) is 2.25. The Kier molecular flexibility index (Phi) is 4.16. The fourth-order valence-electron chi connectivity index (χ4n) is 1.57. The van der Waals surface area contributed by atoms with E-state index in [2.05, 4.69) is 0 Å². The normalized spacial score (nSPS) is 15.4. The highest BCUT2D eigenvalue weighted by Gasteiger charge is 2.27. The fraction of sp³-hybridized carbons (Fsp3) is 0.500. The minimum absolute atomic E-state index is 0.499. The highest BCUT2D eigenvalue weighted by Crippen LogP contribution is 2.30. The van der Waals surface area contributed by atoms with Gasteiger partial charge in [-0.05, 0) is 26.0 Å². The molecule has 1 N–H and O–H groups in total. The molecule has 0 radical (unpaired) electrons. The van der Waals surface area contributed by atoms with Crippen molar-refractivity contribution in [3.05, 3.63) is 29.3 Å². The number of ether oxygens (including phenoxy) is 1. The Morgan fingerprint density at radius 1 is 1.35 bits per heavy atom. The summed E-state index contributed by atoms with van der Waals surface area (Å²) in [5, 5.41) is 9.24. The third-order valence-electron chi connectivity index (χ3n) is 2.82. The quantitative estimate of drug-likeness (QED) is 0.888. The van der Waals surface area contributed by atoms with E-state index in [-0.39, 0.29) is 0 Å². The van der Waals surface area contributed by atoms with Gasteiger partial charge in [0.05, 0.1) is 18.5 Å². The second-order valence-corrected chi connectivity index (χ2v) is 6.63.